The van der Waals surface area contributed by atoms with Gasteiger partial charge in [0.15, 0.2) is 0 Å². The van der Waals surface area contributed by atoms with E-state index in [1.165, 1.54) is 4.80 Å². The first-order valence-electron chi connectivity index (χ1n) is 6.06. The number of rotatable bonds is 4. The third-order valence-electron chi connectivity index (χ3n) is 3.11. The summed E-state index contributed by atoms with van der Waals surface area (Å²) in [5.41, 5.74) is 0.953. The maximum atomic E-state index is 11.0. The Morgan fingerprint density at radius 2 is 2.39 bits per heavy atom. The average Bonchev–Trinajstić information content (AvgIpc) is 2.86. The zero-order valence-electron chi connectivity index (χ0n) is 10.6. The van der Waals surface area contributed by atoms with Crippen molar-refractivity contribution in [2.75, 3.05) is 13.1 Å². The molecule has 0 saturated heterocycles. The maximum absolute atomic E-state index is 11.0. The second-order valence-electron chi connectivity index (χ2n) is 4.30. The molecule has 2 heterocycles. The van der Waals surface area contributed by atoms with E-state index in [0.29, 0.717) is 18.9 Å². The van der Waals surface area contributed by atoms with Crippen LogP contribution in [0.25, 0.3) is 5.57 Å². The van der Waals surface area contributed by atoms with Gasteiger partial charge in [0.1, 0.15) is 6.04 Å². The minimum atomic E-state index is -0.804. The largest absolute Gasteiger partial charge is 0.480 e. The van der Waals surface area contributed by atoms with Gasteiger partial charge in [0.05, 0.1) is 6.54 Å². The van der Waals surface area contributed by atoms with E-state index >= 15 is 0 Å². The molecule has 1 aromatic heterocycles. The first kappa shape index (κ1) is 12.7. The van der Waals surface area contributed by atoms with Crippen LogP contribution in [-0.4, -0.2) is 55.3 Å². The van der Waals surface area contributed by atoms with Gasteiger partial charge < -0.3 is 5.11 Å². The van der Waals surface area contributed by atoms with Gasteiger partial charge >= 0.3 is 5.97 Å². The Labute approximate surface area is 105 Å². The van der Waals surface area contributed by atoms with Crippen molar-refractivity contribution in [1.29, 1.82) is 0 Å². The summed E-state index contributed by atoms with van der Waals surface area (Å²) in [6.07, 6.45) is 2.87. The van der Waals surface area contributed by atoms with Crippen molar-refractivity contribution in [2.45, 2.75) is 32.9 Å². The number of carbonyl (C=O) groups is 1. The topological polar surface area (TPSA) is 84.1 Å². The molecule has 0 amide bonds. The molecule has 0 aliphatic carbocycles. The molecule has 0 bridgehead atoms. The van der Waals surface area contributed by atoms with Crippen molar-refractivity contribution in [1.82, 2.24) is 25.1 Å². The fourth-order valence-corrected chi connectivity index (χ4v) is 1.92. The highest BCUT2D eigenvalue weighted by Gasteiger charge is 2.25. The SMILES string of the molecule is CCn1nnc(C2=CCCN(C(C)C(=O)O)C2)n1. The van der Waals surface area contributed by atoms with Gasteiger partial charge in [0.2, 0.25) is 5.82 Å². The number of aromatic nitrogens is 4. The van der Waals surface area contributed by atoms with Crippen LogP contribution < -0.4 is 0 Å². The molecule has 1 aromatic rings. The molecule has 1 atom stereocenters. The average molecular weight is 251 g/mol. The normalized spacial score (nSPS) is 18.4. The highest BCUT2D eigenvalue weighted by atomic mass is 16.4. The lowest BCUT2D eigenvalue weighted by Crippen LogP contribution is -2.42. The molecule has 0 radical (unpaired) electrons. The lowest BCUT2D eigenvalue weighted by Gasteiger charge is -2.29. The van der Waals surface area contributed by atoms with Crippen molar-refractivity contribution in [3.63, 3.8) is 0 Å². The van der Waals surface area contributed by atoms with E-state index in [2.05, 4.69) is 21.5 Å². The Hall–Kier alpha value is -1.76. The summed E-state index contributed by atoms with van der Waals surface area (Å²) in [5.74, 6) is -0.208. The second kappa shape index (κ2) is 5.26. The predicted molar refractivity (Wildman–Crippen MR) is 64.8 cm³/mol. The smallest absolute Gasteiger partial charge is 0.320 e. The quantitative estimate of drug-likeness (QED) is 0.826. The molecular formula is C11H17N5O2. The number of aryl methyl sites for hydroxylation is 1. The lowest BCUT2D eigenvalue weighted by atomic mass is 10.1. The van der Waals surface area contributed by atoms with Gasteiger partial charge in [-0.05, 0) is 25.5 Å². The zero-order chi connectivity index (χ0) is 13.1. The molecule has 18 heavy (non-hydrogen) atoms. The van der Waals surface area contributed by atoms with Gasteiger partial charge in [-0.3, -0.25) is 9.69 Å². The monoisotopic (exact) mass is 251 g/mol. The highest BCUT2D eigenvalue weighted by molar-refractivity contribution is 5.73. The zero-order valence-corrected chi connectivity index (χ0v) is 10.6. The fourth-order valence-electron chi connectivity index (χ4n) is 1.92. The van der Waals surface area contributed by atoms with Gasteiger partial charge in [-0.2, -0.15) is 4.80 Å². The number of hydrogen-bond donors (Lipinski definition) is 1. The van der Waals surface area contributed by atoms with Crippen LogP contribution >= 0.6 is 0 Å². The molecule has 1 N–H and O–H groups in total. The van der Waals surface area contributed by atoms with Gasteiger partial charge in [0.25, 0.3) is 0 Å². The summed E-state index contributed by atoms with van der Waals surface area (Å²) in [6.45, 7) is 5.62. The maximum Gasteiger partial charge on any atom is 0.320 e. The molecule has 0 fully saturated rings. The minimum Gasteiger partial charge on any atom is -0.480 e. The Balaban J connectivity index is 2.11. The summed E-state index contributed by atoms with van der Waals surface area (Å²) in [5, 5.41) is 21.2. The number of tetrazole rings is 1. The van der Waals surface area contributed by atoms with E-state index in [9.17, 15) is 4.79 Å². The number of carboxylic acid groups (broad SMARTS) is 1. The van der Waals surface area contributed by atoms with Gasteiger partial charge in [-0.25, -0.2) is 0 Å². The van der Waals surface area contributed by atoms with E-state index in [-0.39, 0.29) is 0 Å². The van der Waals surface area contributed by atoms with Crippen LogP contribution in [-0.2, 0) is 11.3 Å². The van der Waals surface area contributed by atoms with Gasteiger partial charge in [-0.1, -0.05) is 6.08 Å². The summed E-state index contributed by atoms with van der Waals surface area (Å²) in [4.78, 5) is 14.4. The first-order chi connectivity index (χ1) is 8.61. The molecule has 0 spiro atoms. The first-order valence-corrected chi connectivity index (χ1v) is 6.06. The van der Waals surface area contributed by atoms with Crippen molar-refractivity contribution in [3.05, 3.63) is 11.9 Å². The number of aliphatic carboxylic acids is 1. The van der Waals surface area contributed by atoms with Crippen molar-refractivity contribution in [3.8, 4) is 0 Å². The Morgan fingerprint density at radius 1 is 1.61 bits per heavy atom. The van der Waals surface area contributed by atoms with Crippen LogP contribution in [0.5, 0.6) is 0 Å². The summed E-state index contributed by atoms with van der Waals surface area (Å²) in [6, 6.07) is -0.491. The number of carboxylic acids is 1. The highest BCUT2D eigenvalue weighted by Crippen LogP contribution is 2.18. The number of hydrogen-bond acceptors (Lipinski definition) is 5. The Morgan fingerprint density at radius 3 is 3.00 bits per heavy atom. The molecule has 1 unspecified atom stereocenters. The van der Waals surface area contributed by atoms with Crippen molar-refractivity contribution < 1.29 is 9.90 Å². The molecule has 98 valence electrons. The van der Waals surface area contributed by atoms with Crippen LogP contribution in [0.15, 0.2) is 6.08 Å². The molecule has 7 nitrogen and oxygen atoms in total. The predicted octanol–water partition coefficient (Wildman–Crippen LogP) is 0.255. The number of nitrogens with zero attached hydrogens (tertiary/aromatic N) is 5. The van der Waals surface area contributed by atoms with Crippen LogP contribution in [0.1, 0.15) is 26.1 Å². The molecule has 1 aliphatic heterocycles. The van der Waals surface area contributed by atoms with Gasteiger partial charge in [-0.15, -0.1) is 10.2 Å². The summed E-state index contributed by atoms with van der Waals surface area (Å²) >= 11 is 0. The van der Waals surface area contributed by atoms with E-state index in [0.717, 1.165) is 18.5 Å². The minimum absolute atomic E-state index is 0.491. The Kier molecular flexibility index (Phi) is 3.71. The van der Waals surface area contributed by atoms with Crippen LogP contribution in [0, 0.1) is 0 Å². The molecular weight excluding hydrogens is 234 g/mol. The summed E-state index contributed by atoms with van der Waals surface area (Å²) < 4.78 is 0. The molecule has 0 aromatic carbocycles. The van der Waals surface area contributed by atoms with Gasteiger partial charge in [0, 0.05) is 18.7 Å². The lowest BCUT2D eigenvalue weighted by molar-refractivity contribution is -0.142. The molecule has 7 heteroatoms. The standard InChI is InChI=1S/C11H17N5O2/c1-3-16-13-10(12-14-16)9-5-4-6-15(7-9)8(2)11(17)18/h5,8H,3-4,6-7H2,1-2H3,(H,17,18). The third kappa shape index (κ3) is 2.56. The van der Waals surface area contributed by atoms with E-state index in [1.807, 2.05) is 11.8 Å². The second-order valence-corrected chi connectivity index (χ2v) is 4.30. The van der Waals surface area contributed by atoms with Crippen molar-refractivity contribution >= 4 is 11.5 Å². The van der Waals surface area contributed by atoms with Crippen LogP contribution in [0.4, 0.5) is 0 Å². The third-order valence-corrected chi connectivity index (χ3v) is 3.11. The van der Waals surface area contributed by atoms with E-state index in [1.54, 1.807) is 6.92 Å². The molecule has 0 saturated carbocycles. The Bertz CT molecular complexity index is 468. The van der Waals surface area contributed by atoms with E-state index in [4.69, 9.17) is 5.11 Å². The van der Waals surface area contributed by atoms with E-state index < -0.39 is 12.0 Å². The van der Waals surface area contributed by atoms with Crippen molar-refractivity contribution in [2.24, 2.45) is 0 Å². The molecule has 1 aliphatic rings. The summed E-state index contributed by atoms with van der Waals surface area (Å²) in [7, 11) is 0. The fraction of sp³-hybridized carbons (Fsp3) is 0.636. The van der Waals surface area contributed by atoms with Crippen LogP contribution in [0.3, 0.4) is 0 Å². The molecule has 2 rings (SSSR count). The van der Waals surface area contributed by atoms with Crippen LogP contribution in [0.2, 0.25) is 0 Å².